The summed E-state index contributed by atoms with van der Waals surface area (Å²) in [5.41, 5.74) is 4.15. The number of hydrogen-bond acceptors (Lipinski definition) is 4. The lowest BCUT2D eigenvalue weighted by atomic mass is 10.1. The van der Waals surface area contributed by atoms with Gasteiger partial charge in [-0.1, -0.05) is 12.1 Å². The van der Waals surface area contributed by atoms with Crippen LogP contribution in [0.1, 0.15) is 11.1 Å². The summed E-state index contributed by atoms with van der Waals surface area (Å²) in [5.74, 6) is -0.342. The second kappa shape index (κ2) is 4.63. The molecule has 3 amide bonds. The molecule has 0 bridgehead atoms. The average Bonchev–Trinajstić information content (AvgIpc) is 2.34. The quantitative estimate of drug-likeness (QED) is 0.755. The van der Waals surface area contributed by atoms with Gasteiger partial charge in [-0.3, -0.25) is 15.1 Å². The van der Waals surface area contributed by atoms with Crippen molar-refractivity contribution in [2.45, 2.75) is 6.54 Å². The van der Waals surface area contributed by atoms with Gasteiger partial charge in [-0.15, -0.1) is 0 Å². The molecule has 6 nitrogen and oxygen atoms in total. The third kappa shape index (κ3) is 2.59. The standard InChI is InChI=1S/C11H10N4O2/c12-5-8-1-3-9(4-2-8)7-15-11(17)14-10(16)6-13-15/h1-4,13H,6-7H2,(H,14,16,17). The lowest BCUT2D eigenvalue weighted by Crippen LogP contribution is -2.58. The number of rotatable bonds is 2. The van der Waals surface area contributed by atoms with E-state index in [0.717, 1.165) is 5.56 Å². The molecule has 1 aromatic rings. The highest BCUT2D eigenvalue weighted by Crippen LogP contribution is 2.06. The normalized spacial score (nSPS) is 15.4. The molecule has 1 aromatic carbocycles. The van der Waals surface area contributed by atoms with Crippen LogP contribution in [0.25, 0.3) is 0 Å². The van der Waals surface area contributed by atoms with Crippen molar-refractivity contribution >= 4 is 11.9 Å². The second-order valence-corrected chi connectivity index (χ2v) is 3.58. The molecule has 17 heavy (non-hydrogen) atoms. The summed E-state index contributed by atoms with van der Waals surface area (Å²) in [5, 5.41) is 12.2. The van der Waals surface area contributed by atoms with Gasteiger partial charge in [0.25, 0.3) is 0 Å². The van der Waals surface area contributed by atoms with Gasteiger partial charge in [0.05, 0.1) is 24.7 Å². The topological polar surface area (TPSA) is 85.2 Å². The van der Waals surface area contributed by atoms with Crippen LogP contribution in [0.4, 0.5) is 4.79 Å². The fraction of sp³-hybridized carbons (Fsp3) is 0.182. The molecule has 86 valence electrons. The SMILES string of the molecule is N#Cc1ccc(CN2NCC(=O)NC2=O)cc1. The molecule has 6 heteroatoms. The molecule has 1 aliphatic heterocycles. The number of hydrogen-bond donors (Lipinski definition) is 2. The Bertz CT molecular complexity index is 489. The first-order chi connectivity index (χ1) is 8.19. The average molecular weight is 230 g/mol. The number of hydrazine groups is 1. The van der Waals surface area contributed by atoms with Gasteiger partial charge in [0.1, 0.15) is 0 Å². The van der Waals surface area contributed by atoms with Crippen molar-refractivity contribution in [2.75, 3.05) is 6.54 Å². The smallest absolute Gasteiger partial charge is 0.276 e. The molecule has 2 N–H and O–H groups in total. The molecule has 1 fully saturated rings. The van der Waals surface area contributed by atoms with Gasteiger partial charge in [0, 0.05) is 0 Å². The third-order valence-corrected chi connectivity index (χ3v) is 2.35. The Morgan fingerprint density at radius 3 is 2.59 bits per heavy atom. The molecule has 1 heterocycles. The van der Waals surface area contributed by atoms with E-state index in [1.807, 2.05) is 6.07 Å². The van der Waals surface area contributed by atoms with E-state index >= 15 is 0 Å². The first-order valence-corrected chi connectivity index (χ1v) is 5.03. The van der Waals surface area contributed by atoms with E-state index in [9.17, 15) is 9.59 Å². The highest BCUT2D eigenvalue weighted by atomic mass is 16.2. The first kappa shape index (κ1) is 11.1. The van der Waals surface area contributed by atoms with Crippen molar-refractivity contribution in [2.24, 2.45) is 0 Å². The zero-order valence-electron chi connectivity index (χ0n) is 8.93. The number of urea groups is 1. The van der Waals surface area contributed by atoms with Crippen molar-refractivity contribution < 1.29 is 9.59 Å². The molecule has 0 aliphatic carbocycles. The number of nitrogens with one attached hydrogen (secondary N) is 2. The number of carbonyl (C=O) groups is 2. The maximum Gasteiger partial charge on any atom is 0.338 e. The first-order valence-electron chi connectivity index (χ1n) is 5.03. The predicted molar refractivity (Wildman–Crippen MR) is 58.2 cm³/mol. The van der Waals surface area contributed by atoms with E-state index in [1.54, 1.807) is 24.3 Å². The molecule has 0 atom stereocenters. The highest BCUT2D eigenvalue weighted by Gasteiger charge is 2.22. The molecule has 0 aromatic heterocycles. The van der Waals surface area contributed by atoms with Crippen LogP contribution in [-0.4, -0.2) is 23.5 Å². The van der Waals surface area contributed by atoms with E-state index in [2.05, 4.69) is 10.7 Å². The van der Waals surface area contributed by atoms with Crippen LogP contribution < -0.4 is 10.7 Å². The number of imide groups is 1. The number of carbonyl (C=O) groups excluding carboxylic acids is 2. The van der Waals surface area contributed by atoms with Gasteiger partial charge >= 0.3 is 6.03 Å². The minimum atomic E-state index is -0.467. The van der Waals surface area contributed by atoms with Crippen LogP contribution in [0, 0.1) is 11.3 Å². The molecule has 0 saturated carbocycles. The Morgan fingerprint density at radius 1 is 1.29 bits per heavy atom. The molecule has 0 spiro atoms. The molecule has 1 saturated heterocycles. The van der Waals surface area contributed by atoms with Crippen LogP contribution in [0.5, 0.6) is 0 Å². The van der Waals surface area contributed by atoms with Crippen molar-refractivity contribution in [1.29, 1.82) is 5.26 Å². The van der Waals surface area contributed by atoms with Gasteiger partial charge < -0.3 is 0 Å². The lowest BCUT2D eigenvalue weighted by Gasteiger charge is -2.27. The summed E-state index contributed by atoms with van der Waals surface area (Å²) >= 11 is 0. The fourth-order valence-electron chi connectivity index (χ4n) is 1.46. The molecule has 0 unspecified atom stereocenters. The second-order valence-electron chi connectivity index (χ2n) is 3.58. The van der Waals surface area contributed by atoms with E-state index in [1.165, 1.54) is 5.01 Å². The van der Waals surface area contributed by atoms with Gasteiger partial charge in [-0.05, 0) is 17.7 Å². The minimum absolute atomic E-state index is 0.0853. The van der Waals surface area contributed by atoms with Gasteiger partial charge in [-0.25, -0.2) is 10.2 Å². The van der Waals surface area contributed by atoms with Crippen molar-refractivity contribution in [3.63, 3.8) is 0 Å². The van der Waals surface area contributed by atoms with Crippen LogP contribution in [0.15, 0.2) is 24.3 Å². The van der Waals surface area contributed by atoms with Crippen LogP contribution in [0.2, 0.25) is 0 Å². The van der Waals surface area contributed by atoms with Crippen molar-refractivity contribution in [1.82, 2.24) is 15.8 Å². The summed E-state index contributed by atoms with van der Waals surface area (Å²) in [6, 6.07) is 8.45. The third-order valence-electron chi connectivity index (χ3n) is 2.35. The van der Waals surface area contributed by atoms with E-state index in [0.29, 0.717) is 12.1 Å². The number of nitriles is 1. The Hall–Kier alpha value is -2.39. The maximum atomic E-state index is 11.4. The summed E-state index contributed by atoms with van der Waals surface area (Å²) in [7, 11) is 0. The molecular formula is C11H10N4O2. The summed E-state index contributed by atoms with van der Waals surface area (Å²) < 4.78 is 0. The summed E-state index contributed by atoms with van der Waals surface area (Å²) in [6.45, 7) is 0.423. The minimum Gasteiger partial charge on any atom is -0.276 e. The van der Waals surface area contributed by atoms with Gasteiger partial charge in [0.2, 0.25) is 5.91 Å². The number of benzene rings is 1. The Labute approximate surface area is 97.8 Å². The van der Waals surface area contributed by atoms with Crippen molar-refractivity contribution in [3.05, 3.63) is 35.4 Å². The molecular weight excluding hydrogens is 220 g/mol. The van der Waals surface area contributed by atoms with Gasteiger partial charge in [0.15, 0.2) is 0 Å². The maximum absolute atomic E-state index is 11.4. The Kier molecular flexibility index (Phi) is 3.03. The lowest BCUT2D eigenvalue weighted by molar-refractivity contribution is -0.121. The van der Waals surface area contributed by atoms with Gasteiger partial charge in [-0.2, -0.15) is 5.26 Å². The largest absolute Gasteiger partial charge is 0.338 e. The highest BCUT2D eigenvalue weighted by molar-refractivity contribution is 5.97. The van der Waals surface area contributed by atoms with E-state index < -0.39 is 6.03 Å². The zero-order valence-corrected chi connectivity index (χ0v) is 8.93. The van der Waals surface area contributed by atoms with Crippen LogP contribution >= 0.6 is 0 Å². The fourth-order valence-corrected chi connectivity index (χ4v) is 1.46. The summed E-state index contributed by atoms with van der Waals surface area (Å²) in [4.78, 5) is 22.3. The molecule has 0 radical (unpaired) electrons. The zero-order chi connectivity index (χ0) is 12.3. The van der Waals surface area contributed by atoms with E-state index in [-0.39, 0.29) is 12.5 Å². The van der Waals surface area contributed by atoms with Crippen LogP contribution in [-0.2, 0) is 11.3 Å². The van der Waals surface area contributed by atoms with Crippen LogP contribution in [0.3, 0.4) is 0 Å². The Morgan fingerprint density at radius 2 is 2.00 bits per heavy atom. The molecule has 2 rings (SSSR count). The monoisotopic (exact) mass is 230 g/mol. The number of nitrogens with zero attached hydrogens (tertiary/aromatic N) is 2. The van der Waals surface area contributed by atoms with E-state index in [4.69, 9.17) is 5.26 Å². The molecule has 1 aliphatic rings. The summed E-state index contributed by atoms with van der Waals surface area (Å²) in [6.07, 6.45) is 0. The van der Waals surface area contributed by atoms with Crippen molar-refractivity contribution in [3.8, 4) is 6.07 Å². The number of amides is 3. The Balaban J connectivity index is 2.03. The predicted octanol–water partition coefficient (Wildman–Crippen LogP) is 0.115.